The molecular weight excluding hydrogens is 369 g/mol. The summed E-state index contributed by atoms with van der Waals surface area (Å²) in [6, 6.07) is 3.47. The van der Waals surface area contributed by atoms with Crippen LogP contribution in [0.5, 0.6) is 0 Å². The van der Waals surface area contributed by atoms with Crippen molar-refractivity contribution in [3.8, 4) is 0 Å². The van der Waals surface area contributed by atoms with Crippen LogP contribution in [0.15, 0.2) is 30.9 Å². The van der Waals surface area contributed by atoms with Crippen LogP contribution in [0, 0.1) is 0 Å². The molecular formula is C19H19F3N6. The number of alkyl halides is 3. The molecule has 5 rings (SSSR count). The van der Waals surface area contributed by atoms with Gasteiger partial charge in [0.15, 0.2) is 5.69 Å². The van der Waals surface area contributed by atoms with Crippen molar-refractivity contribution in [1.82, 2.24) is 19.4 Å². The second-order valence-electron chi connectivity index (χ2n) is 7.23. The van der Waals surface area contributed by atoms with Gasteiger partial charge in [0.25, 0.3) is 0 Å². The van der Waals surface area contributed by atoms with Crippen LogP contribution in [0.25, 0.3) is 5.65 Å². The fourth-order valence-electron chi connectivity index (χ4n) is 4.09. The maximum absolute atomic E-state index is 12.9. The minimum absolute atomic E-state index is 0.297. The number of hydrogen-bond acceptors (Lipinski definition) is 5. The Bertz CT molecular complexity index is 1020. The zero-order chi connectivity index (χ0) is 19.3. The predicted molar refractivity (Wildman–Crippen MR) is 98.7 cm³/mol. The Kier molecular flexibility index (Phi) is 3.92. The summed E-state index contributed by atoms with van der Waals surface area (Å²) in [6.07, 6.45) is 3.16. The molecule has 0 radical (unpaired) electrons. The maximum Gasteiger partial charge on any atom is 0.434 e. The van der Waals surface area contributed by atoms with E-state index in [9.17, 15) is 13.2 Å². The normalized spacial score (nSPS) is 17.4. The highest BCUT2D eigenvalue weighted by Gasteiger charge is 2.34. The Labute approximate surface area is 159 Å². The molecule has 3 aromatic rings. The highest BCUT2D eigenvalue weighted by Crippen LogP contribution is 2.30. The quantitative estimate of drug-likeness (QED) is 0.676. The number of anilines is 2. The largest absolute Gasteiger partial charge is 0.434 e. The summed E-state index contributed by atoms with van der Waals surface area (Å²) < 4.78 is 40.1. The molecule has 1 aliphatic heterocycles. The van der Waals surface area contributed by atoms with Crippen molar-refractivity contribution in [2.45, 2.75) is 25.4 Å². The summed E-state index contributed by atoms with van der Waals surface area (Å²) in [5, 5.41) is 0. The molecule has 146 valence electrons. The summed E-state index contributed by atoms with van der Waals surface area (Å²) >= 11 is 0. The first-order valence-corrected chi connectivity index (χ1v) is 9.38. The summed E-state index contributed by atoms with van der Waals surface area (Å²) in [5.41, 5.74) is 2.76. The average Bonchev–Trinajstić information content (AvgIpc) is 3.34. The number of aryl methyl sites for hydroxylation is 1. The topological polar surface area (TPSA) is 49.6 Å². The minimum Gasteiger partial charge on any atom is -0.367 e. The average molecular weight is 388 g/mol. The molecule has 2 aliphatic rings. The second-order valence-corrected chi connectivity index (χ2v) is 7.23. The zero-order valence-electron chi connectivity index (χ0n) is 15.2. The molecule has 0 bridgehead atoms. The third-order valence-corrected chi connectivity index (χ3v) is 5.52. The SMILES string of the molecule is FC(F)(F)c1cn2cc(N3CCN(c4ncnc5c4CCC5)CC3)ccc2n1. The molecule has 0 spiro atoms. The van der Waals surface area contributed by atoms with E-state index in [0.717, 1.165) is 63.1 Å². The van der Waals surface area contributed by atoms with Crippen molar-refractivity contribution in [3.63, 3.8) is 0 Å². The molecule has 28 heavy (non-hydrogen) atoms. The zero-order valence-corrected chi connectivity index (χ0v) is 15.2. The lowest BCUT2D eigenvalue weighted by Crippen LogP contribution is -2.47. The molecule has 3 aromatic heterocycles. The van der Waals surface area contributed by atoms with E-state index in [0.29, 0.717) is 5.65 Å². The summed E-state index contributed by atoms with van der Waals surface area (Å²) in [5.74, 6) is 1.04. The molecule has 0 N–H and O–H groups in total. The third kappa shape index (κ3) is 2.94. The van der Waals surface area contributed by atoms with E-state index in [4.69, 9.17) is 0 Å². The van der Waals surface area contributed by atoms with Gasteiger partial charge in [0.05, 0.1) is 5.69 Å². The minimum atomic E-state index is -4.43. The Morgan fingerprint density at radius 3 is 2.46 bits per heavy atom. The van der Waals surface area contributed by atoms with Crippen LogP contribution in [0.2, 0.25) is 0 Å². The molecule has 6 nitrogen and oxygen atoms in total. The lowest BCUT2D eigenvalue weighted by molar-refractivity contribution is -0.140. The Hall–Kier alpha value is -2.84. The number of nitrogens with zero attached hydrogens (tertiary/aromatic N) is 6. The monoisotopic (exact) mass is 388 g/mol. The van der Waals surface area contributed by atoms with Gasteiger partial charge in [0, 0.05) is 49.8 Å². The maximum atomic E-state index is 12.9. The fraction of sp³-hybridized carbons (Fsp3) is 0.421. The number of imidazole rings is 1. The first-order valence-electron chi connectivity index (χ1n) is 9.38. The molecule has 1 saturated heterocycles. The van der Waals surface area contributed by atoms with Crippen LogP contribution in [0.1, 0.15) is 23.4 Å². The van der Waals surface area contributed by atoms with Crippen molar-refractivity contribution < 1.29 is 13.2 Å². The number of fused-ring (bicyclic) bond motifs is 2. The van der Waals surface area contributed by atoms with Crippen molar-refractivity contribution in [3.05, 3.63) is 47.8 Å². The van der Waals surface area contributed by atoms with E-state index in [1.165, 1.54) is 15.7 Å². The van der Waals surface area contributed by atoms with E-state index in [1.807, 2.05) is 6.07 Å². The molecule has 1 fully saturated rings. The van der Waals surface area contributed by atoms with Gasteiger partial charge in [0.2, 0.25) is 0 Å². The smallest absolute Gasteiger partial charge is 0.367 e. The van der Waals surface area contributed by atoms with Crippen molar-refractivity contribution in [2.24, 2.45) is 0 Å². The van der Waals surface area contributed by atoms with Crippen LogP contribution in [0.4, 0.5) is 24.7 Å². The van der Waals surface area contributed by atoms with E-state index in [1.54, 1.807) is 18.6 Å². The fourth-order valence-corrected chi connectivity index (χ4v) is 4.09. The predicted octanol–water partition coefficient (Wildman–Crippen LogP) is 2.96. The third-order valence-electron chi connectivity index (χ3n) is 5.52. The van der Waals surface area contributed by atoms with Gasteiger partial charge in [-0.2, -0.15) is 13.2 Å². The molecule has 0 saturated carbocycles. The van der Waals surface area contributed by atoms with Crippen LogP contribution in [-0.2, 0) is 19.0 Å². The van der Waals surface area contributed by atoms with E-state index in [-0.39, 0.29) is 0 Å². The highest BCUT2D eigenvalue weighted by molar-refractivity contribution is 5.55. The molecule has 0 amide bonds. The molecule has 4 heterocycles. The van der Waals surface area contributed by atoms with Crippen molar-refractivity contribution in [2.75, 3.05) is 36.0 Å². The number of hydrogen-bond donors (Lipinski definition) is 0. The number of rotatable bonds is 2. The summed E-state index contributed by atoms with van der Waals surface area (Å²) in [4.78, 5) is 17.0. The van der Waals surface area contributed by atoms with Gasteiger partial charge in [-0.15, -0.1) is 0 Å². The van der Waals surface area contributed by atoms with Gasteiger partial charge in [-0.1, -0.05) is 0 Å². The number of pyridine rings is 1. The number of aromatic nitrogens is 4. The van der Waals surface area contributed by atoms with Gasteiger partial charge in [-0.3, -0.25) is 0 Å². The molecule has 0 aromatic carbocycles. The van der Waals surface area contributed by atoms with Crippen LogP contribution in [0.3, 0.4) is 0 Å². The van der Waals surface area contributed by atoms with Gasteiger partial charge in [0.1, 0.15) is 17.8 Å². The van der Waals surface area contributed by atoms with Crippen molar-refractivity contribution in [1.29, 1.82) is 0 Å². The van der Waals surface area contributed by atoms with Crippen LogP contribution >= 0.6 is 0 Å². The van der Waals surface area contributed by atoms with Crippen LogP contribution in [-0.4, -0.2) is 45.5 Å². The Morgan fingerprint density at radius 2 is 1.68 bits per heavy atom. The first kappa shape index (κ1) is 17.3. The summed E-state index contributed by atoms with van der Waals surface area (Å²) in [6.45, 7) is 3.20. The lowest BCUT2D eigenvalue weighted by atomic mass is 10.2. The second kappa shape index (κ2) is 6.35. The molecule has 1 aliphatic carbocycles. The Balaban J connectivity index is 1.34. The first-order chi connectivity index (χ1) is 13.5. The van der Waals surface area contributed by atoms with Crippen LogP contribution < -0.4 is 9.80 Å². The molecule has 9 heteroatoms. The number of halogens is 3. The molecule has 0 unspecified atom stereocenters. The number of piperazine rings is 1. The lowest BCUT2D eigenvalue weighted by Gasteiger charge is -2.37. The van der Waals surface area contributed by atoms with Gasteiger partial charge >= 0.3 is 6.18 Å². The Morgan fingerprint density at radius 1 is 0.893 bits per heavy atom. The van der Waals surface area contributed by atoms with Gasteiger partial charge in [-0.05, 0) is 31.4 Å². The standard InChI is InChI=1S/C19H19F3N6/c20-19(21,22)16-11-28-10-13(4-5-17(28)25-16)26-6-8-27(9-7-26)18-14-2-1-3-15(14)23-12-24-18/h4-5,10-12H,1-3,6-9H2. The molecule has 0 atom stereocenters. The van der Waals surface area contributed by atoms with Crippen molar-refractivity contribution >= 4 is 17.2 Å². The van der Waals surface area contributed by atoms with E-state index >= 15 is 0 Å². The summed E-state index contributed by atoms with van der Waals surface area (Å²) in [7, 11) is 0. The van der Waals surface area contributed by atoms with E-state index < -0.39 is 11.9 Å². The van der Waals surface area contributed by atoms with Gasteiger partial charge < -0.3 is 14.2 Å². The highest BCUT2D eigenvalue weighted by atomic mass is 19.4. The van der Waals surface area contributed by atoms with Gasteiger partial charge in [-0.25, -0.2) is 15.0 Å². The van der Waals surface area contributed by atoms with E-state index in [2.05, 4.69) is 24.8 Å².